The Hall–Kier alpha value is -0.940. The first-order valence-electron chi connectivity index (χ1n) is 6.92. The van der Waals surface area contributed by atoms with E-state index >= 15 is 0 Å². The SMILES string of the molecule is CC(O)(CO)CNC1CCN(Cc2ccccc2)C1. The van der Waals surface area contributed by atoms with Gasteiger partial charge >= 0.3 is 0 Å². The van der Waals surface area contributed by atoms with Gasteiger partial charge in [-0.3, -0.25) is 4.90 Å². The largest absolute Gasteiger partial charge is 0.393 e. The summed E-state index contributed by atoms with van der Waals surface area (Å²) in [6.45, 7) is 4.93. The van der Waals surface area contributed by atoms with Crippen molar-refractivity contribution < 1.29 is 10.2 Å². The third kappa shape index (κ3) is 4.58. The fraction of sp³-hybridized carbons (Fsp3) is 0.600. The van der Waals surface area contributed by atoms with E-state index in [1.807, 2.05) is 6.07 Å². The van der Waals surface area contributed by atoms with Crippen molar-refractivity contribution >= 4 is 0 Å². The maximum atomic E-state index is 9.76. The summed E-state index contributed by atoms with van der Waals surface area (Å²) in [6.07, 6.45) is 1.09. The molecule has 106 valence electrons. The summed E-state index contributed by atoms with van der Waals surface area (Å²) < 4.78 is 0. The number of aliphatic hydroxyl groups is 2. The minimum Gasteiger partial charge on any atom is -0.393 e. The van der Waals surface area contributed by atoms with Crippen molar-refractivity contribution in [3.63, 3.8) is 0 Å². The van der Waals surface area contributed by atoms with Crippen LogP contribution in [0.3, 0.4) is 0 Å². The second-order valence-electron chi connectivity index (χ2n) is 5.74. The molecule has 2 unspecified atom stereocenters. The Balaban J connectivity index is 1.74. The lowest BCUT2D eigenvalue weighted by molar-refractivity contribution is 0.000929. The number of hydrogen-bond acceptors (Lipinski definition) is 4. The molecule has 0 radical (unpaired) electrons. The fourth-order valence-electron chi connectivity index (χ4n) is 2.40. The average molecular weight is 264 g/mol. The van der Waals surface area contributed by atoms with E-state index < -0.39 is 5.60 Å². The van der Waals surface area contributed by atoms with Crippen LogP contribution in [-0.4, -0.2) is 53.0 Å². The minimum absolute atomic E-state index is 0.208. The van der Waals surface area contributed by atoms with Crippen LogP contribution >= 0.6 is 0 Å². The van der Waals surface area contributed by atoms with Crippen molar-refractivity contribution in [2.45, 2.75) is 31.5 Å². The van der Waals surface area contributed by atoms with Crippen LogP contribution in [0.1, 0.15) is 18.9 Å². The third-order valence-electron chi connectivity index (χ3n) is 3.63. The highest BCUT2D eigenvalue weighted by Crippen LogP contribution is 2.14. The molecule has 0 spiro atoms. The summed E-state index contributed by atoms with van der Waals surface area (Å²) in [5.41, 5.74) is 0.317. The van der Waals surface area contributed by atoms with Crippen molar-refractivity contribution in [2.75, 3.05) is 26.2 Å². The molecule has 4 heteroatoms. The van der Waals surface area contributed by atoms with E-state index in [0.717, 1.165) is 26.1 Å². The molecule has 0 aliphatic carbocycles. The molecule has 1 saturated heterocycles. The molecular formula is C15H24N2O2. The number of rotatable bonds is 6. The van der Waals surface area contributed by atoms with Crippen LogP contribution < -0.4 is 5.32 Å². The molecule has 0 amide bonds. The molecule has 3 N–H and O–H groups in total. The zero-order valence-corrected chi connectivity index (χ0v) is 11.5. The molecule has 1 aliphatic rings. The first kappa shape index (κ1) is 14.5. The van der Waals surface area contributed by atoms with E-state index in [2.05, 4.69) is 34.5 Å². The topological polar surface area (TPSA) is 55.7 Å². The standard InChI is InChI=1S/C15H24N2O2/c1-15(19,12-18)11-16-14-7-8-17(10-14)9-13-5-3-2-4-6-13/h2-6,14,16,18-19H,7-12H2,1H3. The Kier molecular flexibility index (Phi) is 4.93. The summed E-state index contributed by atoms with van der Waals surface area (Å²) in [5.74, 6) is 0. The van der Waals surface area contributed by atoms with Crippen molar-refractivity contribution in [1.82, 2.24) is 10.2 Å². The van der Waals surface area contributed by atoms with Gasteiger partial charge in [-0.15, -0.1) is 0 Å². The van der Waals surface area contributed by atoms with Crippen molar-refractivity contribution in [3.05, 3.63) is 35.9 Å². The van der Waals surface area contributed by atoms with Crippen LogP contribution in [-0.2, 0) is 6.54 Å². The number of aliphatic hydroxyl groups excluding tert-OH is 1. The maximum Gasteiger partial charge on any atom is 0.0972 e. The van der Waals surface area contributed by atoms with Gasteiger partial charge in [-0.1, -0.05) is 30.3 Å². The smallest absolute Gasteiger partial charge is 0.0972 e. The summed E-state index contributed by atoms with van der Waals surface area (Å²) >= 11 is 0. The summed E-state index contributed by atoms with van der Waals surface area (Å²) in [7, 11) is 0. The zero-order chi connectivity index (χ0) is 13.7. The lowest BCUT2D eigenvalue weighted by Crippen LogP contribution is -2.45. The number of nitrogens with zero attached hydrogens (tertiary/aromatic N) is 1. The second-order valence-corrected chi connectivity index (χ2v) is 5.74. The van der Waals surface area contributed by atoms with E-state index in [9.17, 15) is 5.11 Å². The maximum absolute atomic E-state index is 9.76. The second kappa shape index (κ2) is 6.48. The molecular weight excluding hydrogens is 240 g/mol. The zero-order valence-electron chi connectivity index (χ0n) is 11.5. The van der Waals surface area contributed by atoms with E-state index in [4.69, 9.17) is 5.11 Å². The van der Waals surface area contributed by atoms with Crippen molar-refractivity contribution in [2.24, 2.45) is 0 Å². The lowest BCUT2D eigenvalue weighted by atomic mass is 10.1. The number of nitrogens with one attached hydrogen (secondary N) is 1. The van der Waals surface area contributed by atoms with Crippen LogP contribution in [0, 0.1) is 0 Å². The molecule has 1 heterocycles. The molecule has 1 aromatic rings. The summed E-state index contributed by atoms with van der Waals surface area (Å²) in [4.78, 5) is 2.42. The molecule has 1 aliphatic heterocycles. The lowest BCUT2D eigenvalue weighted by Gasteiger charge is -2.23. The minimum atomic E-state index is -1.02. The molecule has 0 saturated carbocycles. The molecule has 0 aromatic heterocycles. The van der Waals surface area contributed by atoms with Crippen LogP contribution in [0.4, 0.5) is 0 Å². The molecule has 0 bridgehead atoms. The van der Waals surface area contributed by atoms with Gasteiger partial charge < -0.3 is 15.5 Å². The fourth-order valence-corrected chi connectivity index (χ4v) is 2.40. The first-order chi connectivity index (χ1) is 9.09. The molecule has 1 aromatic carbocycles. The summed E-state index contributed by atoms with van der Waals surface area (Å²) in [5, 5.41) is 22.1. The number of benzene rings is 1. The monoisotopic (exact) mass is 264 g/mol. The van der Waals surface area contributed by atoms with Gasteiger partial charge in [0, 0.05) is 32.2 Å². The van der Waals surface area contributed by atoms with Gasteiger partial charge in [0.05, 0.1) is 12.2 Å². The van der Waals surface area contributed by atoms with Gasteiger partial charge in [0.25, 0.3) is 0 Å². The Morgan fingerprint density at radius 1 is 1.37 bits per heavy atom. The van der Waals surface area contributed by atoms with Gasteiger partial charge in [0.2, 0.25) is 0 Å². The van der Waals surface area contributed by atoms with Gasteiger partial charge in [0.1, 0.15) is 0 Å². The van der Waals surface area contributed by atoms with E-state index in [-0.39, 0.29) is 6.61 Å². The van der Waals surface area contributed by atoms with Gasteiger partial charge in [-0.05, 0) is 18.9 Å². The Morgan fingerprint density at radius 3 is 2.79 bits per heavy atom. The predicted octanol–water partition coefficient (Wildman–Crippen LogP) is 0.594. The highest BCUT2D eigenvalue weighted by atomic mass is 16.3. The molecule has 19 heavy (non-hydrogen) atoms. The van der Waals surface area contributed by atoms with Crippen LogP contribution in [0.15, 0.2) is 30.3 Å². The highest BCUT2D eigenvalue weighted by Gasteiger charge is 2.25. The molecule has 4 nitrogen and oxygen atoms in total. The predicted molar refractivity (Wildman–Crippen MR) is 75.8 cm³/mol. The number of likely N-dealkylation sites (tertiary alicyclic amines) is 1. The van der Waals surface area contributed by atoms with Crippen molar-refractivity contribution in [1.29, 1.82) is 0 Å². The van der Waals surface area contributed by atoms with E-state index in [1.54, 1.807) is 6.92 Å². The van der Waals surface area contributed by atoms with Gasteiger partial charge in [0.15, 0.2) is 0 Å². The van der Waals surface area contributed by atoms with E-state index in [0.29, 0.717) is 12.6 Å². The van der Waals surface area contributed by atoms with Gasteiger partial charge in [-0.25, -0.2) is 0 Å². The van der Waals surface area contributed by atoms with Crippen LogP contribution in [0.2, 0.25) is 0 Å². The highest BCUT2D eigenvalue weighted by molar-refractivity contribution is 5.14. The third-order valence-corrected chi connectivity index (χ3v) is 3.63. The van der Waals surface area contributed by atoms with E-state index in [1.165, 1.54) is 5.56 Å². The molecule has 2 rings (SSSR count). The van der Waals surface area contributed by atoms with Crippen molar-refractivity contribution in [3.8, 4) is 0 Å². The van der Waals surface area contributed by atoms with Crippen LogP contribution in [0.5, 0.6) is 0 Å². The Labute approximate surface area is 115 Å². The normalized spacial score (nSPS) is 23.4. The Morgan fingerprint density at radius 2 is 2.11 bits per heavy atom. The average Bonchev–Trinajstić information content (AvgIpc) is 2.86. The van der Waals surface area contributed by atoms with Crippen LogP contribution in [0.25, 0.3) is 0 Å². The summed E-state index contributed by atoms with van der Waals surface area (Å²) in [6, 6.07) is 10.9. The number of hydrogen-bond donors (Lipinski definition) is 3. The first-order valence-corrected chi connectivity index (χ1v) is 6.92. The Bertz CT molecular complexity index is 381. The molecule has 1 fully saturated rings. The molecule has 2 atom stereocenters. The van der Waals surface area contributed by atoms with Gasteiger partial charge in [-0.2, -0.15) is 0 Å². The quantitative estimate of drug-likeness (QED) is 0.704.